The highest BCUT2D eigenvalue weighted by atomic mass is 35.5. The summed E-state index contributed by atoms with van der Waals surface area (Å²) in [5.41, 5.74) is 0.560. The van der Waals surface area contributed by atoms with Crippen molar-refractivity contribution in [3.8, 4) is 11.5 Å². The first-order valence-corrected chi connectivity index (χ1v) is 8.21. The molecule has 0 unspecified atom stereocenters. The van der Waals surface area contributed by atoms with Crippen LogP contribution in [-0.2, 0) is 9.53 Å². The van der Waals surface area contributed by atoms with Crippen molar-refractivity contribution in [3.05, 3.63) is 53.6 Å². The maximum atomic E-state index is 12.3. The lowest BCUT2D eigenvalue weighted by molar-refractivity contribution is -0.118. The maximum absolute atomic E-state index is 12.3. The van der Waals surface area contributed by atoms with E-state index in [0.29, 0.717) is 42.0 Å². The fourth-order valence-corrected chi connectivity index (χ4v) is 2.63. The van der Waals surface area contributed by atoms with Gasteiger partial charge in [0.1, 0.15) is 5.75 Å². The quantitative estimate of drug-likeness (QED) is 0.901. The number of carbonyl (C=O) groups excluding carboxylic acids is 1. The molecule has 0 bridgehead atoms. The highest BCUT2D eigenvalue weighted by molar-refractivity contribution is 6.31. The molecule has 5 nitrogen and oxygen atoms in total. The van der Waals surface area contributed by atoms with Crippen LogP contribution in [0, 0.1) is 0 Å². The number of amides is 1. The lowest BCUT2D eigenvalue weighted by atomic mass is 10.2. The molecule has 0 aliphatic carbocycles. The molecule has 2 aromatic carbocycles. The third kappa shape index (κ3) is 4.71. The Labute approximate surface area is 146 Å². The minimum Gasteiger partial charge on any atom is -0.455 e. The Morgan fingerprint density at radius 2 is 1.92 bits per heavy atom. The topological polar surface area (TPSA) is 50.8 Å². The third-order valence-corrected chi connectivity index (χ3v) is 3.89. The van der Waals surface area contributed by atoms with Gasteiger partial charge in [-0.1, -0.05) is 29.8 Å². The predicted octanol–water partition coefficient (Wildman–Crippen LogP) is 3.40. The van der Waals surface area contributed by atoms with Gasteiger partial charge in [0.25, 0.3) is 0 Å². The summed E-state index contributed by atoms with van der Waals surface area (Å²) in [5, 5.41) is 3.43. The van der Waals surface area contributed by atoms with Crippen molar-refractivity contribution < 1.29 is 14.3 Å². The van der Waals surface area contributed by atoms with Crippen LogP contribution in [-0.4, -0.2) is 43.7 Å². The minimum absolute atomic E-state index is 0.0999. The lowest BCUT2D eigenvalue weighted by Gasteiger charge is -2.26. The number of hydrogen-bond donors (Lipinski definition) is 1. The van der Waals surface area contributed by atoms with Crippen molar-refractivity contribution in [1.82, 2.24) is 4.90 Å². The molecule has 1 amide bonds. The van der Waals surface area contributed by atoms with Crippen LogP contribution in [0.5, 0.6) is 11.5 Å². The van der Waals surface area contributed by atoms with Crippen molar-refractivity contribution in [1.29, 1.82) is 0 Å². The lowest BCUT2D eigenvalue weighted by Crippen LogP contribution is -2.41. The first kappa shape index (κ1) is 16.8. The van der Waals surface area contributed by atoms with Gasteiger partial charge in [0, 0.05) is 18.1 Å². The molecule has 1 saturated heterocycles. The number of hydrogen-bond acceptors (Lipinski definition) is 4. The fourth-order valence-electron chi connectivity index (χ4n) is 2.46. The second-order valence-corrected chi connectivity index (χ2v) is 5.93. The third-order valence-electron chi connectivity index (χ3n) is 3.66. The number of para-hydroxylation sites is 1. The summed E-state index contributed by atoms with van der Waals surface area (Å²) >= 11 is 6.06. The van der Waals surface area contributed by atoms with Crippen LogP contribution in [0.2, 0.25) is 5.02 Å². The second kappa shape index (κ2) is 8.15. The first-order valence-electron chi connectivity index (χ1n) is 7.83. The molecule has 3 rings (SSSR count). The van der Waals surface area contributed by atoms with E-state index in [0.717, 1.165) is 13.1 Å². The molecular weight excluding hydrogens is 328 g/mol. The number of nitrogens with zero attached hydrogens (tertiary/aromatic N) is 1. The van der Waals surface area contributed by atoms with Gasteiger partial charge in [0.2, 0.25) is 5.91 Å². The van der Waals surface area contributed by atoms with Gasteiger partial charge in [-0.2, -0.15) is 0 Å². The molecule has 6 heteroatoms. The normalized spacial score (nSPS) is 15.0. The van der Waals surface area contributed by atoms with Crippen molar-refractivity contribution in [2.45, 2.75) is 0 Å². The van der Waals surface area contributed by atoms with Gasteiger partial charge in [-0.3, -0.25) is 9.69 Å². The van der Waals surface area contributed by atoms with Crippen molar-refractivity contribution in [3.63, 3.8) is 0 Å². The van der Waals surface area contributed by atoms with E-state index >= 15 is 0 Å². The molecule has 0 aromatic heterocycles. The highest BCUT2D eigenvalue weighted by Gasteiger charge is 2.16. The van der Waals surface area contributed by atoms with Crippen LogP contribution in [0.1, 0.15) is 0 Å². The second-order valence-electron chi connectivity index (χ2n) is 5.49. The van der Waals surface area contributed by atoms with Crippen LogP contribution in [0.4, 0.5) is 5.69 Å². The zero-order valence-electron chi connectivity index (χ0n) is 13.2. The Kier molecular flexibility index (Phi) is 5.69. The number of ether oxygens (including phenoxy) is 2. The van der Waals surface area contributed by atoms with Crippen LogP contribution in [0.3, 0.4) is 0 Å². The molecule has 1 aliphatic rings. The summed E-state index contributed by atoms with van der Waals surface area (Å²) in [6.45, 7) is 3.16. The minimum atomic E-state index is -0.0999. The highest BCUT2D eigenvalue weighted by Crippen LogP contribution is 2.32. The van der Waals surface area contributed by atoms with Gasteiger partial charge in [0.05, 0.1) is 25.4 Å². The molecule has 0 saturated carbocycles. The van der Waals surface area contributed by atoms with Crippen LogP contribution in [0.25, 0.3) is 0 Å². The standard InChI is InChI=1S/C18H19ClN2O3/c19-14-6-7-17(24-15-4-2-1-3-5-15)16(12-14)20-18(22)13-21-8-10-23-11-9-21/h1-7,12H,8-11,13H2,(H,20,22). The van der Waals surface area contributed by atoms with Crippen LogP contribution < -0.4 is 10.1 Å². The van der Waals surface area contributed by atoms with Gasteiger partial charge in [-0.05, 0) is 30.3 Å². The summed E-state index contributed by atoms with van der Waals surface area (Å²) in [4.78, 5) is 14.4. The molecule has 0 spiro atoms. The molecule has 1 fully saturated rings. The monoisotopic (exact) mass is 346 g/mol. The number of halogens is 1. The smallest absolute Gasteiger partial charge is 0.238 e. The van der Waals surface area contributed by atoms with Gasteiger partial charge in [0.15, 0.2) is 5.75 Å². The van der Waals surface area contributed by atoms with Gasteiger partial charge in [-0.25, -0.2) is 0 Å². The summed E-state index contributed by atoms with van der Waals surface area (Å²) in [7, 11) is 0. The number of carbonyl (C=O) groups is 1. The summed E-state index contributed by atoms with van der Waals surface area (Å²) in [6, 6.07) is 14.6. The van der Waals surface area contributed by atoms with E-state index in [2.05, 4.69) is 10.2 Å². The number of nitrogens with one attached hydrogen (secondary N) is 1. The zero-order valence-corrected chi connectivity index (χ0v) is 14.0. The Bertz CT molecular complexity index is 688. The van der Waals surface area contributed by atoms with Crippen LogP contribution >= 0.6 is 11.6 Å². The Morgan fingerprint density at radius 1 is 1.17 bits per heavy atom. The van der Waals surface area contributed by atoms with E-state index in [1.807, 2.05) is 30.3 Å². The average molecular weight is 347 g/mol. The molecule has 2 aromatic rings. The largest absolute Gasteiger partial charge is 0.455 e. The number of rotatable bonds is 5. The maximum Gasteiger partial charge on any atom is 0.238 e. The fraction of sp³-hybridized carbons (Fsp3) is 0.278. The number of anilines is 1. The Balaban J connectivity index is 1.69. The van der Waals surface area contributed by atoms with Crippen molar-refractivity contribution >= 4 is 23.2 Å². The van der Waals surface area contributed by atoms with E-state index in [1.54, 1.807) is 18.2 Å². The van der Waals surface area contributed by atoms with Gasteiger partial charge < -0.3 is 14.8 Å². The van der Waals surface area contributed by atoms with Crippen LogP contribution in [0.15, 0.2) is 48.5 Å². The van der Waals surface area contributed by atoms with Gasteiger partial charge in [-0.15, -0.1) is 0 Å². The molecule has 126 valence electrons. The van der Waals surface area contributed by atoms with Crippen molar-refractivity contribution in [2.75, 3.05) is 38.2 Å². The molecule has 0 radical (unpaired) electrons. The van der Waals surface area contributed by atoms with E-state index in [9.17, 15) is 4.79 Å². The Hall–Kier alpha value is -2.08. The van der Waals surface area contributed by atoms with E-state index < -0.39 is 0 Å². The molecular formula is C18H19ClN2O3. The van der Waals surface area contributed by atoms with E-state index in [1.165, 1.54) is 0 Å². The molecule has 1 heterocycles. The zero-order chi connectivity index (χ0) is 16.8. The predicted molar refractivity (Wildman–Crippen MR) is 93.9 cm³/mol. The van der Waals surface area contributed by atoms with E-state index in [-0.39, 0.29) is 5.91 Å². The van der Waals surface area contributed by atoms with Crippen molar-refractivity contribution in [2.24, 2.45) is 0 Å². The summed E-state index contributed by atoms with van der Waals surface area (Å²) < 4.78 is 11.1. The summed E-state index contributed by atoms with van der Waals surface area (Å²) in [6.07, 6.45) is 0. The number of morpholine rings is 1. The molecule has 0 atom stereocenters. The first-order chi connectivity index (χ1) is 11.7. The van der Waals surface area contributed by atoms with Gasteiger partial charge >= 0.3 is 0 Å². The van der Waals surface area contributed by atoms with E-state index in [4.69, 9.17) is 21.1 Å². The Morgan fingerprint density at radius 3 is 2.67 bits per heavy atom. The molecule has 1 aliphatic heterocycles. The number of benzene rings is 2. The molecule has 1 N–H and O–H groups in total. The molecule has 24 heavy (non-hydrogen) atoms. The SMILES string of the molecule is O=C(CN1CCOCC1)Nc1cc(Cl)ccc1Oc1ccccc1. The summed E-state index contributed by atoms with van der Waals surface area (Å²) in [5.74, 6) is 1.15. The average Bonchev–Trinajstić information content (AvgIpc) is 2.59.